The summed E-state index contributed by atoms with van der Waals surface area (Å²) >= 11 is 4.28. The highest BCUT2D eigenvalue weighted by atomic mass is 32.1. The molecule has 1 aliphatic heterocycles. The molecule has 2 unspecified atom stereocenters. The standard InChI is InChI=1S/C9H17NOS/c12-7-5-10-4-6-11-9-3-1-2-8(9)10/h8-9,12H,1-7H2. The minimum atomic E-state index is 0.540. The fourth-order valence-electron chi connectivity index (χ4n) is 2.41. The van der Waals surface area contributed by atoms with Crippen molar-refractivity contribution < 1.29 is 4.74 Å². The zero-order valence-electron chi connectivity index (χ0n) is 7.41. The van der Waals surface area contributed by atoms with Gasteiger partial charge in [-0.05, 0) is 19.3 Å². The molecule has 3 heteroatoms. The maximum absolute atomic E-state index is 5.71. The maximum Gasteiger partial charge on any atom is 0.0730 e. The lowest BCUT2D eigenvalue weighted by Gasteiger charge is -2.37. The molecule has 2 rings (SSSR count). The van der Waals surface area contributed by atoms with Crippen molar-refractivity contribution >= 4 is 12.6 Å². The molecular weight excluding hydrogens is 170 g/mol. The summed E-state index contributed by atoms with van der Waals surface area (Å²) in [5.74, 6) is 0.975. The normalized spacial score (nSPS) is 36.8. The van der Waals surface area contributed by atoms with Crippen LogP contribution >= 0.6 is 12.6 Å². The minimum Gasteiger partial charge on any atom is -0.375 e. The van der Waals surface area contributed by atoms with Crippen LogP contribution in [0.15, 0.2) is 0 Å². The van der Waals surface area contributed by atoms with E-state index in [0.717, 1.165) is 25.4 Å². The third kappa shape index (κ3) is 1.63. The van der Waals surface area contributed by atoms with Gasteiger partial charge in [0.05, 0.1) is 12.7 Å². The summed E-state index contributed by atoms with van der Waals surface area (Å²) in [5.41, 5.74) is 0. The van der Waals surface area contributed by atoms with Crippen LogP contribution in [0.4, 0.5) is 0 Å². The molecule has 0 spiro atoms. The van der Waals surface area contributed by atoms with Crippen molar-refractivity contribution in [2.75, 3.05) is 25.4 Å². The average Bonchev–Trinajstić information content (AvgIpc) is 2.53. The molecule has 0 aromatic heterocycles. The first-order valence-corrected chi connectivity index (χ1v) is 5.51. The fraction of sp³-hybridized carbons (Fsp3) is 1.00. The van der Waals surface area contributed by atoms with Crippen molar-refractivity contribution in [2.24, 2.45) is 0 Å². The van der Waals surface area contributed by atoms with Gasteiger partial charge in [-0.1, -0.05) is 0 Å². The Hall–Kier alpha value is 0.270. The Morgan fingerprint density at radius 2 is 2.33 bits per heavy atom. The first-order valence-electron chi connectivity index (χ1n) is 4.88. The third-order valence-electron chi connectivity index (χ3n) is 2.98. The Kier molecular flexibility index (Phi) is 2.94. The van der Waals surface area contributed by atoms with Gasteiger partial charge in [0.2, 0.25) is 0 Å². The van der Waals surface area contributed by atoms with E-state index in [1.807, 2.05) is 0 Å². The van der Waals surface area contributed by atoms with Crippen molar-refractivity contribution in [1.29, 1.82) is 0 Å². The highest BCUT2D eigenvalue weighted by Gasteiger charge is 2.35. The average molecular weight is 187 g/mol. The largest absolute Gasteiger partial charge is 0.375 e. The van der Waals surface area contributed by atoms with Gasteiger partial charge in [0, 0.05) is 24.9 Å². The second kappa shape index (κ2) is 3.99. The predicted molar refractivity (Wildman–Crippen MR) is 52.8 cm³/mol. The van der Waals surface area contributed by atoms with E-state index in [2.05, 4.69) is 17.5 Å². The molecule has 2 fully saturated rings. The minimum absolute atomic E-state index is 0.540. The van der Waals surface area contributed by atoms with Crippen LogP contribution in [0.25, 0.3) is 0 Å². The molecule has 0 aromatic rings. The Morgan fingerprint density at radius 1 is 1.42 bits per heavy atom. The molecule has 0 bridgehead atoms. The zero-order valence-corrected chi connectivity index (χ0v) is 8.30. The number of morpholine rings is 1. The van der Waals surface area contributed by atoms with E-state index in [1.165, 1.54) is 19.3 Å². The molecule has 70 valence electrons. The first kappa shape index (κ1) is 8.85. The summed E-state index contributed by atoms with van der Waals surface area (Å²) in [5, 5.41) is 0. The number of hydrogen-bond acceptors (Lipinski definition) is 3. The van der Waals surface area contributed by atoms with Crippen molar-refractivity contribution in [2.45, 2.75) is 31.4 Å². The van der Waals surface area contributed by atoms with E-state index in [0.29, 0.717) is 12.1 Å². The van der Waals surface area contributed by atoms with Crippen LogP contribution < -0.4 is 0 Å². The Morgan fingerprint density at radius 3 is 3.17 bits per heavy atom. The number of thiol groups is 1. The Bertz CT molecular complexity index is 151. The van der Waals surface area contributed by atoms with Crippen LogP contribution in [0.3, 0.4) is 0 Å². The van der Waals surface area contributed by atoms with E-state index >= 15 is 0 Å². The summed E-state index contributed by atoms with van der Waals surface area (Å²) in [6.45, 7) is 3.17. The predicted octanol–water partition coefficient (Wildman–Crippen LogP) is 1.17. The summed E-state index contributed by atoms with van der Waals surface area (Å²) in [7, 11) is 0. The van der Waals surface area contributed by atoms with Crippen molar-refractivity contribution in [3.05, 3.63) is 0 Å². The lowest BCUT2D eigenvalue weighted by atomic mass is 10.1. The first-order chi connectivity index (χ1) is 5.92. The quantitative estimate of drug-likeness (QED) is 0.652. The molecule has 1 heterocycles. The van der Waals surface area contributed by atoms with Gasteiger partial charge in [-0.15, -0.1) is 0 Å². The Balaban J connectivity index is 1.94. The summed E-state index contributed by atoms with van der Waals surface area (Å²) < 4.78 is 5.71. The van der Waals surface area contributed by atoms with Crippen LogP contribution in [-0.2, 0) is 4.74 Å². The lowest BCUT2D eigenvalue weighted by molar-refractivity contribution is -0.0530. The number of fused-ring (bicyclic) bond motifs is 1. The molecule has 2 atom stereocenters. The zero-order chi connectivity index (χ0) is 8.39. The van der Waals surface area contributed by atoms with E-state index < -0.39 is 0 Å². The van der Waals surface area contributed by atoms with Gasteiger partial charge >= 0.3 is 0 Å². The van der Waals surface area contributed by atoms with Crippen molar-refractivity contribution in [3.63, 3.8) is 0 Å². The number of ether oxygens (including phenoxy) is 1. The van der Waals surface area contributed by atoms with Crippen LogP contribution in [0.2, 0.25) is 0 Å². The van der Waals surface area contributed by atoms with E-state index in [-0.39, 0.29) is 0 Å². The number of rotatable bonds is 2. The third-order valence-corrected chi connectivity index (χ3v) is 3.18. The van der Waals surface area contributed by atoms with Gasteiger partial charge in [0.15, 0.2) is 0 Å². The molecule has 1 aliphatic carbocycles. The fourth-order valence-corrected chi connectivity index (χ4v) is 2.67. The second-order valence-corrected chi connectivity index (χ2v) is 4.11. The van der Waals surface area contributed by atoms with E-state index in [4.69, 9.17) is 4.74 Å². The van der Waals surface area contributed by atoms with Gasteiger partial charge in [-0.3, -0.25) is 4.90 Å². The van der Waals surface area contributed by atoms with E-state index in [1.54, 1.807) is 0 Å². The number of hydrogen-bond donors (Lipinski definition) is 1. The number of nitrogens with zero attached hydrogens (tertiary/aromatic N) is 1. The monoisotopic (exact) mass is 187 g/mol. The van der Waals surface area contributed by atoms with Crippen molar-refractivity contribution in [3.8, 4) is 0 Å². The van der Waals surface area contributed by atoms with Gasteiger partial charge < -0.3 is 4.74 Å². The molecule has 2 aliphatic rings. The van der Waals surface area contributed by atoms with Crippen LogP contribution in [0.5, 0.6) is 0 Å². The molecule has 1 saturated carbocycles. The SMILES string of the molecule is SCCN1CCOC2CCCC21. The van der Waals surface area contributed by atoms with Gasteiger partial charge in [-0.25, -0.2) is 0 Å². The van der Waals surface area contributed by atoms with Crippen molar-refractivity contribution in [1.82, 2.24) is 4.90 Å². The summed E-state index contributed by atoms with van der Waals surface area (Å²) in [6.07, 6.45) is 4.49. The lowest BCUT2D eigenvalue weighted by Crippen LogP contribution is -2.49. The summed E-state index contributed by atoms with van der Waals surface area (Å²) in [6, 6.07) is 0.714. The molecule has 0 radical (unpaired) electrons. The van der Waals surface area contributed by atoms with Gasteiger partial charge in [-0.2, -0.15) is 12.6 Å². The topological polar surface area (TPSA) is 12.5 Å². The highest BCUT2D eigenvalue weighted by Crippen LogP contribution is 2.29. The maximum atomic E-state index is 5.71. The van der Waals surface area contributed by atoms with Gasteiger partial charge in [0.1, 0.15) is 0 Å². The molecule has 2 nitrogen and oxygen atoms in total. The molecular formula is C9H17NOS. The Labute approximate surface area is 79.7 Å². The van der Waals surface area contributed by atoms with E-state index in [9.17, 15) is 0 Å². The van der Waals surface area contributed by atoms with Crippen LogP contribution in [0, 0.1) is 0 Å². The smallest absolute Gasteiger partial charge is 0.0730 e. The molecule has 1 saturated heterocycles. The van der Waals surface area contributed by atoms with Crippen LogP contribution in [0.1, 0.15) is 19.3 Å². The molecule has 0 amide bonds. The molecule has 12 heavy (non-hydrogen) atoms. The molecule has 0 N–H and O–H groups in total. The highest BCUT2D eigenvalue weighted by molar-refractivity contribution is 7.80. The van der Waals surface area contributed by atoms with Crippen LogP contribution in [-0.4, -0.2) is 42.5 Å². The summed E-state index contributed by atoms with van der Waals surface area (Å²) in [4.78, 5) is 2.55. The molecule has 0 aromatic carbocycles. The second-order valence-electron chi connectivity index (χ2n) is 3.67. The van der Waals surface area contributed by atoms with Gasteiger partial charge in [0.25, 0.3) is 0 Å².